The van der Waals surface area contributed by atoms with E-state index >= 15 is 0 Å². The maximum Gasteiger partial charge on any atom is 0.250 e. The van der Waals surface area contributed by atoms with E-state index in [4.69, 9.17) is 17.0 Å². The first kappa shape index (κ1) is 17.7. The van der Waals surface area contributed by atoms with E-state index in [1.54, 1.807) is 6.08 Å². The Morgan fingerprint density at radius 1 is 1.12 bits per heavy atom. The second kappa shape index (κ2) is 8.84. The van der Waals surface area contributed by atoms with Gasteiger partial charge in [-0.25, -0.2) is 0 Å². The fraction of sp³-hybridized carbons (Fsp3) is 0.158. The van der Waals surface area contributed by atoms with E-state index in [9.17, 15) is 4.79 Å². The molecule has 0 spiro atoms. The van der Waals surface area contributed by atoms with Gasteiger partial charge in [0.25, 0.3) is 0 Å². The average Bonchev–Trinajstić information content (AvgIpc) is 2.56. The number of aryl methyl sites for hydroxylation is 1. The summed E-state index contributed by atoms with van der Waals surface area (Å²) in [6, 6.07) is 15.3. The van der Waals surface area contributed by atoms with Crippen molar-refractivity contribution in [1.29, 1.82) is 0 Å². The Morgan fingerprint density at radius 2 is 1.79 bits per heavy atom. The number of rotatable bonds is 5. The molecule has 0 fully saturated rings. The quantitative estimate of drug-likeness (QED) is 0.640. The summed E-state index contributed by atoms with van der Waals surface area (Å²) < 4.78 is 5.37. The van der Waals surface area contributed by atoms with E-state index in [-0.39, 0.29) is 11.0 Å². The molecule has 4 nitrogen and oxygen atoms in total. The zero-order valence-corrected chi connectivity index (χ0v) is 14.5. The number of benzene rings is 2. The van der Waals surface area contributed by atoms with Gasteiger partial charge in [0, 0.05) is 11.8 Å². The lowest BCUT2D eigenvalue weighted by molar-refractivity contribution is -0.115. The highest BCUT2D eigenvalue weighted by atomic mass is 32.1. The SMILES string of the molecule is CCOc1ccc(/C=C/C(=O)NC(=S)Nc2ccc(C)cc2)cc1. The predicted molar refractivity (Wildman–Crippen MR) is 102 cm³/mol. The van der Waals surface area contributed by atoms with E-state index < -0.39 is 0 Å². The molecule has 0 unspecified atom stereocenters. The third-order valence-electron chi connectivity index (χ3n) is 3.16. The fourth-order valence-electron chi connectivity index (χ4n) is 1.97. The zero-order chi connectivity index (χ0) is 17.4. The molecule has 0 atom stereocenters. The van der Waals surface area contributed by atoms with E-state index in [1.807, 2.05) is 62.4 Å². The third-order valence-corrected chi connectivity index (χ3v) is 3.37. The number of hydrogen-bond acceptors (Lipinski definition) is 3. The van der Waals surface area contributed by atoms with Crippen LogP contribution in [0.5, 0.6) is 5.75 Å². The number of ether oxygens (including phenoxy) is 1. The van der Waals surface area contributed by atoms with Crippen molar-refractivity contribution in [2.45, 2.75) is 13.8 Å². The van der Waals surface area contributed by atoms with Gasteiger partial charge in [0.15, 0.2) is 5.11 Å². The standard InChI is InChI=1S/C19H20N2O2S/c1-3-23-17-11-6-15(7-12-17)8-13-18(22)21-19(24)20-16-9-4-14(2)5-10-16/h4-13H,3H2,1-2H3,(H2,20,21,22,24)/b13-8+. The van der Waals surface area contributed by atoms with Crippen LogP contribution in [0.25, 0.3) is 6.08 Å². The molecule has 0 aliphatic rings. The summed E-state index contributed by atoms with van der Waals surface area (Å²) in [6.45, 7) is 4.57. The lowest BCUT2D eigenvalue weighted by atomic mass is 10.2. The van der Waals surface area contributed by atoms with Crippen molar-refractivity contribution in [2.75, 3.05) is 11.9 Å². The highest BCUT2D eigenvalue weighted by Crippen LogP contribution is 2.13. The van der Waals surface area contributed by atoms with Crippen molar-refractivity contribution in [3.8, 4) is 5.75 Å². The van der Waals surface area contributed by atoms with Crippen LogP contribution >= 0.6 is 12.2 Å². The Kier molecular flexibility index (Phi) is 6.51. The molecule has 2 rings (SSSR count). The number of thiocarbonyl (C=S) groups is 1. The summed E-state index contributed by atoms with van der Waals surface area (Å²) in [4.78, 5) is 11.9. The minimum atomic E-state index is -0.284. The number of nitrogens with one attached hydrogen (secondary N) is 2. The molecule has 1 amide bonds. The lowest BCUT2D eigenvalue weighted by Crippen LogP contribution is -2.32. The van der Waals surface area contributed by atoms with Gasteiger partial charge in [-0.1, -0.05) is 29.8 Å². The first-order valence-corrected chi connectivity index (χ1v) is 8.07. The van der Waals surface area contributed by atoms with Crippen LogP contribution in [-0.2, 0) is 4.79 Å². The lowest BCUT2D eigenvalue weighted by Gasteiger charge is -2.08. The fourth-order valence-corrected chi connectivity index (χ4v) is 2.18. The van der Waals surface area contributed by atoms with Gasteiger partial charge in [0.2, 0.25) is 5.91 Å². The average molecular weight is 340 g/mol. The molecule has 24 heavy (non-hydrogen) atoms. The van der Waals surface area contributed by atoms with Crippen molar-refractivity contribution >= 4 is 35.0 Å². The van der Waals surface area contributed by atoms with Gasteiger partial charge in [-0.3, -0.25) is 10.1 Å². The molecule has 0 saturated carbocycles. The van der Waals surface area contributed by atoms with Crippen LogP contribution < -0.4 is 15.4 Å². The summed E-state index contributed by atoms with van der Waals surface area (Å²) >= 11 is 5.13. The monoisotopic (exact) mass is 340 g/mol. The normalized spacial score (nSPS) is 10.4. The highest BCUT2D eigenvalue weighted by molar-refractivity contribution is 7.80. The summed E-state index contributed by atoms with van der Waals surface area (Å²) in [5.74, 6) is 0.524. The summed E-state index contributed by atoms with van der Waals surface area (Å²) in [5, 5.41) is 5.85. The van der Waals surface area contributed by atoms with E-state index in [2.05, 4.69) is 10.6 Å². The molecule has 0 bridgehead atoms. The Labute approximate surface area is 147 Å². The van der Waals surface area contributed by atoms with Gasteiger partial charge in [0.1, 0.15) is 5.75 Å². The topological polar surface area (TPSA) is 50.4 Å². The molecule has 2 N–H and O–H groups in total. The van der Waals surface area contributed by atoms with Gasteiger partial charge < -0.3 is 10.1 Å². The molecule has 0 aliphatic heterocycles. The Bertz CT molecular complexity index is 722. The van der Waals surface area contributed by atoms with Gasteiger partial charge in [0.05, 0.1) is 6.61 Å². The van der Waals surface area contributed by atoms with Crippen molar-refractivity contribution in [2.24, 2.45) is 0 Å². The van der Waals surface area contributed by atoms with Crippen LogP contribution in [0.1, 0.15) is 18.1 Å². The Morgan fingerprint density at radius 3 is 2.42 bits per heavy atom. The predicted octanol–water partition coefficient (Wildman–Crippen LogP) is 3.92. The summed E-state index contributed by atoms with van der Waals surface area (Å²) in [6.07, 6.45) is 3.17. The molecule has 0 aliphatic carbocycles. The first-order valence-electron chi connectivity index (χ1n) is 7.66. The van der Waals surface area contributed by atoms with E-state index in [1.165, 1.54) is 6.08 Å². The van der Waals surface area contributed by atoms with E-state index in [0.29, 0.717) is 6.61 Å². The van der Waals surface area contributed by atoms with Crippen LogP contribution in [0.3, 0.4) is 0 Å². The van der Waals surface area contributed by atoms with Gasteiger partial charge >= 0.3 is 0 Å². The second-order valence-corrected chi connectivity index (χ2v) is 5.55. The number of carbonyl (C=O) groups is 1. The molecule has 0 radical (unpaired) electrons. The van der Waals surface area contributed by atoms with Crippen LogP contribution in [0.15, 0.2) is 54.6 Å². The highest BCUT2D eigenvalue weighted by Gasteiger charge is 2.01. The smallest absolute Gasteiger partial charge is 0.250 e. The number of hydrogen-bond donors (Lipinski definition) is 2. The van der Waals surface area contributed by atoms with Gasteiger partial charge in [-0.15, -0.1) is 0 Å². The van der Waals surface area contributed by atoms with Crippen LogP contribution in [0, 0.1) is 6.92 Å². The molecule has 124 valence electrons. The van der Waals surface area contributed by atoms with Crippen molar-refractivity contribution < 1.29 is 9.53 Å². The largest absolute Gasteiger partial charge is 0.494 e. The first-order chi connectivity index (χ1) is 11.6. The van der Waals surface area contributed by atoms with Crippen LogP contribution in [-0.4, -0.2) is 17.6 Å². The molecule has 5 heteroatoms. The third kappa shape index (κ3) is 5.85. The molecule has 2 aromatic rings. The molecule has 2 aromatic carbocycles. The zero-order valence-electron chi connectivity index (χ0n) is 13.7. The maximum absolute atomic E-state index is 11.9. The molecule has 0 saturated heterocycles. The second-order valence-electron chi connectivity index (χ2n) is 5.14. The number of anilines is 1. The molecule has 0 aromatic heterocycles. The number of carbonyl (C=O) groups excluding carboxylic acids is 1. The molecular weight excluding hydrogens is 320 g/mol. The van der Waals surface area contributed by atoms with E-state index in [0.717, 1.165) is 22.6 Å². The number of amides is 1. The van der Waals surface area contributed by atoms with Crippen LogP contribution in [0.4, 0.5) is 5.69 Å². The Hall–Kier alpha value is -2.66. The van der Waals surface area contributed by atoms with Crippen molar-refractivity contribution in [3.63, 3.8) is 0 Å². The minimum absolute atomic E-state index is 0.264. The summed E-state index contributed by atoms with van der Waals surface area (Å²) in [5.41, 5.74) is 2.90. The summed E-state index contributed by atoms with van der Waals surface area (Å²) in [7, 11) is 0. The van der Waals surface area contributed by atoms with Crippen LogP contribution in [0.2, 0.25) is 0 Å². The van der Waals surface area contributed by atoms with Crippen molar-refractivity contribution in [1.82, 2.24) is 5.32 Å². The maximum atomic E-state index is 11.9. The van der Waals surface area contributed by atoms with Gasteiger partial charge in [-0.2, -0.15) is 0 Å². The molecule has 0 heterocycles. The molecular formula is C19H20N2O2S. The van der Waals surface area contributed by atoms with Gasteiger partial charge in [-0.05, 0) is 62.0 Å². The minimum Gasteiger partial charge on any atom is -0.494 e. The van der Waals surface area contributed by atoms with Crippen molar-refractivity contribution in [3.05, 3.63) is 65.7 Å². The Balaban J connectivity index is 1.85.